The number of aliphatic hydroxyl groups is 2. The zero-order chi connectivity index (χ0) is 10.7. The molecule has 1 saturated heterocycles. The van der Waals surface area contributed by atoms with Crippen LogP contribution < -0.4 is 0 Å². The van der Waals surface area contributed by atoms with Crippen LogP contribution >= 0.6 is 0 Å². The number of rotatable bonds is 4. The van der Waals surface area contributed by atoms with Gasteiger partial charge in [0.2, 0.25) is 0 Å². The second-order valence-corrected chi connectivity index (χ2v) is 4.60. The Balaban J connectivity index is 2.50. The van der Waals surface area contributed by atoms with E-state index < -0.39 is 0 Å². The Morgan fingerprint density at radius 2 is 1.93 bits per heavy atom. The summed E-state index contributed by atoms with van der Waals surface area (Å²) in [6, 6.07) is 0.667. The molecule has 0 aromatic heterocycles. The maximum atomic E-state index is 9.53. The van der Waals surface area contributed by atoms with Crippen LogP contribution in [-0.2, 0) is 0 Å². The third-order valence-corrected chi connectivity index (χ3v) is 3.26. The third kappa shape index (κ3) is 2.94. The van der Waals surface area contributed by atoms with E-state index in [1.807, 2.05) is 13.8 Å². The van der Waals surface area contributed by atoms with Crippen LogP contribution in [0.1, 0.15) is 40.0 Å². The van der Waals surface area contributed by atoms with Gasteiger partial charge in [0.15, 0.2) is 0 Å². The molecule has 3 heteroatoms. The highest BCUT2D eigenvalue weighted by Gasteiger charge is 2.30. The Morgan fingerprint density at radius 3 is 2.43 bits per heavy atom. The smallest absolute Gasteiger partial charge is 0.0664 e. The van der Waals surface area contributed by atoms with Gasteiger partial charge in [0.1, 0.15) is 0 Å². The Morgan fingerprint density at radius 1 is 1.29 bits per heavy atom. The minimum absolute atomic E-state index is 0.209. The summed E-state index contributed by atoms with van der Waals surface area (Å²) in [6.45, 7) is 6.79. The van der Waals surface area contributed by atoms with Crippen LogP contribution in [0.25, 0.3) is 0 Å². The topological polar surface area (TPSA) is 43.7 Å². The van der Waals surface area contributed by atoms with E-state index >= 15 is 0 Å². The lowest BCUT2D eigenvalue weighted by Crippen LogP contribution is -2.44. The van der Waals surface area contributed by atoms with E-state index in [9.17, 15) is 10.2 Å². The quantitative estimate of drug-likeness (QED) is 0.713. The SMILES string of the molecule is CC(O)CC1CCCN1C(C)C(C)O. The van der Waals surface area contributed by atoms with Crippen LogP contribution in [-0.4, -0.2) is 45.9 Å². The van der Waals surface area contributed by atoms with Gasteiger partial charge in [-0.05, 0) is 46.6 Å². The van der Waals surface area contributed by atoms with Crippen molar-refractivity contribution in [1.82, 2.24) is 4.90 Å². The minimum atomic E-state index is -0.287. The highest BCUT2D eigenvalue weighted by molar-refractivity contribution is 4.85. The Hall–Kier alpha value is -0.120. The van der Waals surface area contributed by atoms with Crippen molar-refractivity contribution >= 4 is 0 Å². The van der Waals surface area contributed by atoms with E-state index in [0.29, 0.717) is 6.04 Å². The van der Waals surface area contributed by atoms with E-state index in [1.54, 1.807) is 0 Å². The first-order valence-corrected chi connectivity index (χ1v) is 5.64. The van der Waals surface area contributed by atoms with E-state index in [1.165, 1.54) is 6.42 Å². The molecule has 1 heterocycles. The van der Waals surface area contributed by atoms with Gasteiger partial charge >= 0.3 is 0 Å². The van der Waals surface area contributed by atoms with Crippen LogP contribution in [0.5, 0.6) is 0 Å². The first-order valence-electron chi connectivity index (χ1n) is 5.64. The van der Waals surface area contributed by atoms with Gasteiger partial charge < -0.3 is 10.2 Å². The van der Waals surface area contributed by atoms with Crippen LogP contribution in [0.15, 0.2) is 0 Å². The van der Waals surface area contributed by atoms with Crippen LogP contribution in [0.3, 0.4) is 0 Å². The summed E-state index contributed by atoms with van der Waals surface area (Å²) in [7, 11) is 0. The van der Waals surface area contributed by atoms with Crippen LogP contribution in [0.4, 0.5) is 0 Å². The molecule has 4 unspecified atom stereocenters. The molecule has 3 nitrogen and oxygen atoms in total. The zero-order valence-corrected chi connectivity index (χ0v) is 9.48. The standard InChI is InChI=1S/C11H23NO2/c1-8(13)7-11-5-4-6-12(11)9(2)10(3)14/h8-11,13-14H,4-7H2,1-3H3. The summed E-state index contributed by atoms with van der Waals surface area (Å²) in [6.07, 6.45) is 2.65. The summed E-state index contributed by atoms with van der Waals surface area (Å²) in [4.78, 5) is 2.33. The van der Waals surface area contributed by atoms with Gasteiger partial charge in [-0.15, -0.1) is 0 Å². The molecule has 4 atom stereocenters. The number of likely N-dealkylation sites (tertiary alicyclic amines) is 1. The average molecular weight is 201 g/mol. The molecule has 0 saturated carbocycles. The van der Waals surface area contributed by atoms with Gasteiger partial charge in [0.05, 0.1) is 12.2 Å². The van der Waals surface area contributed by atoms with Crippen LogP contribution in [0, 0.1) is 0 Å². The average Bonchev–Trinajstić information content (AvgIpc) is 2.49. The van der Waals surface area contributed by atoms with Gasteiger partial charge in [0.25, 0.3) is 0 Å². The Labute approximate surface area is 86.7 Å². The fourth-order valence-corrected chi connectivity index (χ4v) is 2.32. The molecular weight excluding hydrogens is 178 g/mol. The molecule has 0 aromatic carbocycles. The normalized spacial score (nSPS) is 30.2. The van der Waals surface area contributed by atoms with Gasteiger partial charge in [-0.25, -0.2) is 0 Å². The molecule has 0 bridgehead atoms. The van der Waals surface area contributed by atoms with Crippen molar-refractivity contribution in [2.75, 3.05) is 6.54 Å². The fraction of sp³-hybridized carbons (Fsp3) is 1.00. The van der Waals surface area contributed by atoms with E-state index in [0.717, 1.165) is 19.4 Å². The van der Waals surface area contributed by atoms with Gasteiger partial charge in [-0.3, -0.25) is 4.90 Å². The molecule has 0 amide bonds. The lowest BCUT2D eigenvalue weighted by molar-refractivity contribution is 0.0466. The van der Waals surface area contributed by atoms with Crippen molar-refractivity contribution in [3.05, 3.63) is 0 Å². The molecule has 0 spiro atoms. The predicted octanol–water partition coefficient (Wildman–Crippen LogP) is 0.991. The first kappa shape index (κ1) is 12.0. The molecular formula is C11H23NO2. The highest BCUT2D eigenvalue weighted by atomic mass is 16.3. The molecule has 0 radical (unpaired) electrons. The predicted molar refractivity (Wildman–Crippen MR) is 57.2 cm³/mol. The van der Waals surface area contributed by atoms with Crippen molar-refractivity contribution in [3.63, 3.8) is 0 Å². The van der Waals surface area contributed by atoms with Gasteiger partial charge in [-0.2, -0.15) is 0 Å². The Bertz CT molecular complexity index is 171. The molecule has 0 aromatic rings. The zero-order valence-electron chi connectivity index (χ0n) is 9.48. The number of nitrogens with zero attached hydrogens (tertiary/aromatic N) is 1. The lowest BCUT2D eigenvalue weighted by atomic mass is 10.1. The summed E-state index contributed by atoms with van der Waals surface area (Å²) in [5.74, 6) is 0. The molecule has 2 N–H and O–H groups in total. The fourth-order valence-electron chi connectivity index (χ4n) is 2.32. The maximum Gasteiger partial charge on any atom is 0.0664 e. The van der Waals surface area contributed by atoms with Crippen molar-refractivity contribution in [2.24, 2.45) is 0 Å². The summed E-state index contributed by atoms with van der Waals surface area (Å²) in [5.41, 5.74) is 0. The Kier molecular flexibility index (Phi) is 4.35. The van der Waals surface area contributed by atoms with Crippen molar-refractivity contribution < 1.29 is 10.2 Å². The first-order chi connectivity index (χ1) is 6.52. The van der Waals surface area contributed by atoms with Gasteiger partial charge in [-0.1, -0.05) is 0 Å². The van der Waals surface area contributed by atoms with Crippen molar-refractivity contribution in [2.45, 2.75) is 64.3 Å². The molecule has 1 aliphatic rings. The van der Waals surface area contributed by atoms with E-state index in [2.05, 4.69) is 11.8 Å². The molecule has 1 rings (SSSR count). The summed E-state index contributed by atoms with van der Waals surface area (Å²) in [5, 5.41) is 18.9. The molecule has 0 aliphatic carbocycles. The summed E-state index contributed by atoms with van der Waals surface area (Å²) < 4.78 is 0. The number of hydrogen-bond acceptors (Lipinski definition) is 3. The monoisotopic (exact) mass is 201 g/mol. The second-order valence-electron chi connectivity index (χ2n) is 4.60. The maximum absolute atomic E-state index is 9.53. The largest absolute Gasteiger partial charge is 0.393 e. The third-order valence-electron chi connectivity index (χ3n) is 3.26. The lowest BCUT2D eigenvalue weighted by Gasteiger charge is -2.33. The second kappa shape index (κ2) is 5.10. The minimum Gasteiger partial charge on any atom is -0.393 e. The van der Waals surface area contributed by atoms with Crippen LogP contribution in [0.2, 0.25) is 0 Å². The highest BCUT2D eigenvalue weighted by Crippen LogP contribution is 2.24. The summed E-state index contributed by atoms with van der Waals surface area (Å²) >= 11 is 0. The number of aliphatic hydroxyl groups excluding tert-OH is 2. The van der Waals surface area contributed by atoms with Crippen molar-refractivity contribution in [3.8, 4) is 0 Å². The van der Waals surface area contributed by atoms with Crippen molar-refractivity contribution in [1.29, 1.82) is 0 Å². The van der Waals surface area contributed by atoms with Gasteiger partial charge in [0, 0.05) is 12.1 Å². The van der Waals surface area contributed by atoms with E-state index in [4.69, 9.17) is 0 Å². The molecule has 84 valence electrons. The molecule has 1 fully saturated rings. The molecule has 1 aliphatic heterocycles. The molecule has 14 heavy (non-hydrogen) atoms. The van der Waals surface area contributed by atoms with E-state index in [-0.39, 0.29) is 18.2 Å². The number of hydrogen-bond donors (Lipinski definition) is 2.